The number of aromatic carboxylic acids is 1. The van der Waals surface area contributed by atoms with Crippen LogP contribution in [0.3, 0.4) is 0 Å². The van der Waals surface area contributed by atoms with Crippen LogP contribution >= 0.6 is 46.4 Å². The number of nitrogen functional groups attached to an aromatic ring is 2. The van der Waals surface area contributed by atoms with Gasteiger partial charge in [-0.05, 0) is 62.4 Å². The van der Waals surface area contributed by atoms with E-state index in [2.05, 4.69) is 15.3 Å². The third-order valence-corrected chi connectivity index (χ3v) is 11.7. The molecule has 0 bridgehead atoms. The molecule has 0 atom stereocenters. The van der Waals surface area contributed by atoms with Crippen LogP contribution in [0, 0.1) is 34.0 Å². The second kappa shape index (κ2) is 28.1. The molecule has 0 aliphatic carbocycles. The van der Waals surface area contributed by atoms with E-state index in [1.807, 2.05) is 6.07 Å². The molecule has 72 heavy (non-hydrogen) atoms. The van der Waals surface area contributed by atoms with Gasteiger partial charge in [-0.1, -0.05) is 70.7 Å². The SMILES string of the molecule is CCOC(=O)c1c(Cl)cccc1NC(=O)CC#N.CCOC(=O)c1c(N)cccc1Cl.N#Cc1c(O)c2[c]([Bi])cccc2[nH]c1=O.N#Cc1c(O)c2c(Cl)cccc2[nH]c1=O.Nc1cccc(Cl)c1C(=O)O. The number of hydrogen-bond donors (Lipinski definition) is 8. The second-order valence-corrected chi connectivity index (χ2v) is 17.1. The molecule has 7 rings (SSSR count). The molecule has 7 aromatic rings. The average Bonchev–Trinajstić information content (AvgIpc) is 3.30. The third kappa shape index (κ3) is 15.3. The summed E-state index contributed by atoms with van der Waals surface area (Å²) in [5, 5.41) is 58.1. The Morgan fingerprint density at radius 3 is 1.51 bits per heavy atom. The van der Waals surface area contributed by atoms with Gasteiger partial charge in [-0.15, -0.1) is 0 Å². The number of carbonyl (C=O) groups excluding carboxylic acids is 3. The summed E-state index contributed by atoms with van der Waals surface area (Å²) in [4.78, 5) is 72.5. The molecule has 24 heteroatoms. The predicted octanol–water partition coefficient (Wildman–Crippen LogP) is 7.75. The van der Waals surface area contributed by atoms with Crippen molar-refractivity contribution in [2.75, 3.05) is 30.0 Å². The van der Waals surface area contributed by atoms with Crippen LogP contribution in [0.2, 0.25) is 20.1 Å². The van der Waals surface area contributed by atoms with Crippen LogP contribution in [-0.4, -0.2) is 87.0 Å². The fraction of sp³-hybridized carbons (Fsp3) is 0.104. The van der Waals surface area contributed by atoms with Gasteiger partial charge in [0.05, 0.1) is 56.0 Å². The first kappa shape index (κ1) is 58.4. The van der Waals surface area contributed by atoms with Crippen LogP contribution in [0.1, 0.15) is 62.5 Å². The number of amides is 1. The summed E-state index contributed by atoms with van der Waals surface area (Å²) >= 11 is 24.1. The number of carboxylic acid groups (broad SMARTS) is 1. The van der Waals surface area contributed by atoms with Gasteiger partial charge < -0.3 is 41.5 Å². The first-order chi connectivity index (χ1) is 34.2. The molecule has 0 spiro atoms. The van der Waals surface area contributed by atoms with Gasteiger partial charge in [-0.25, -0.2) is 14.4 Å². The van der Waals surface area contributed by atoms with E-state index in [1.54, 1.807) is 92.7 Å². The number of rotatable bonds is 7. The average molecular weight is 1250 g/mol. The van der Waals surface area contributed by atoms with Crippen LogP contribution in [0.15, 0.2) is 101 Å². The van der Waals surface area contributed by atoms with Crippen molar-refractivity contribution in [3.8, 4) is 29.7 Å². The Hall–Kier alpha value is -7.89. The summed E-state index contributed by atoms with van der Waals surface area (Å²) in [5.41, 5.74) is 11.2. The first-order valence-electron chi connectivity index (χ1n) is 20.2. The number of ether oxygens (including phenoxy) is 2. The molecule has 2 heterocycles. The van der Waals surface area contributed by atoms with Crippen LogP contribution in [0.5, 0.6) is 11.5 Å². The molecule has 1 amide bonds. The molecule has 2 aromatic heterocycles. The van der Waals surface area contributed by atoms with E-state index in [0.29, 0.717) is 33.7 Å². The Morgan fingerprint density at radius 2 is 1.06 bits per heavy atom. The molecule has 368 valence electrons. The number of nitrogens with two attached hydrogens (primary N) is 2. The van der Waals surface area contributed by atoms with Crippen molar-refractivity contribution < 1.29 is 44.0 Å². The van der Waals surface area contributed by atoms with E-state index in [9.17, 15) is 39.0 Å². The maximum Gasteiger partial charge on any atom is 0.339 e. The quantitative estimate of drug-likeness (QED) is 0.0429. The van der Waals surface area contributed by atoms with Crippen molar-refractivity contribution in [2.24, 2.45) is 0 Å². The Balaban J connectivity index is 0.000000240. The zero-order chi connectivity index (χ0) is 53.8. The molecule has 2 radical (unpaired) electrons. The maximum absolute atomic E-state index is 11.7. The van der Waals surface area contributed by atoms with Crippen molar-refractivity contribution >= 4 is 137 Å². The smallest absolute Gasteiger partial charge is 0.339 e. The number of nitriles is 3. The normalized spacial score (nSPS) is 9.78. The molecule has 5 aromatic carbocycles. The molecule has 0 saturated heterocycles. The minimum absolute atomic E-state index is 0.0332. The van der Waals surface area contributed by atoms with Crippen LogP contribution in [0.25, 0.3) is 21.8 Å². The number of benzene rings is 5. The molecule has 0 aliphatic rings. The van der Waals surface area contributed by atoms with Gasteiger partial charge in [0.15, 0.2) is 5.56 Å². The number of carboxylic acids is 1. The Bertz CT molecular complexity index is 3290. The van der Waals surface area contributed by atoms with Crippen LogP contribution < -0.4 is 31.2 Å². The summed E-state index contributed by atoms with van der Waals surface area (Å²) in [6.45, 7) is 3.91. The number of hydrogen-bond acceptors (Lipinski definition) is 15. The molecular weight excluding hydrogens is 1220 g/mol. The topological polar surface area (TPSA) is 349 Å². The zero-order valence-electron chi connectivity index (χ0n) is 37.3. The van der Waals surface area contributed by atoms with Gasteiger partial charge in [0, 0.05) is 11.4 Å². The third-order valence-electron chi connectivity index (χ3n) is 8.97. The number of aromatic hydroxyl groups is 2. The Labute approximate surface area is 443 Å². The zero-order valence-corrected chi connectivity index (χ0v) is 43.8. The summed E-state index contributed by atoms with van der Waals surface area (Å²) in [6.07, 6.45) is -0.297. The van der Waals surface area contributed by atoms with Crippen molar-refractivity contribution in [3.05, 3.63) is 160 Å². The number of pyridine rings is 2. The van der Waals surface area contributed by atoms with Gasteiger partial charge in [-0.2, -0.15) is 10.5 Å². The number of esters is 2. The summed E-state index contributed by atoms with van der Waals surface area (Å²) in [6, 6.07) is 29.3. The summed E-state index contributed by atoms with van der Waals surface area (Å²) < 4.78 is 10.6. The Kier molecular flexibility index (Phi) is 22.8. The van der Waals surface area contributed by atoms with Gasteiger partial charge >= 0.3 is 118 Å². The van der Waals surface area contributed by atoms with Crippen molar-refractivity contribution in [1.29, 1.82) is 15.8 Å². The summed E-state index contributed by atoms with van der Waals surface area (Å²) in [7, 11) is 0. The standard InChI is InChI=1S/C12H11ClN2O3.C10H5ClN2O2.C10H5N2O2.C9H10ClNO2.C7H6ClNO2.Bi/c1-2-18-12(17)11-8(13)4-3-5-9(11)15-10(16)6-7-14;11-6-2-1-3-7-8(6)9(14)5(4-12)10(15)13-7;11-5-7-9(13)6-3-1-2-4-8(6)12-10(7)14;1-2-13-9(12)8-6(10)4-3-5-7(8)11;8-4-2-1-3-5(9)6(4)7(10)11;/h3-5H,2,6H2,1H3,(H,15,16);1-3H,(H2,13,14,15);1-2,4H,(H2,12,13,14);3-5H,2,11H2,1H3;1-3H,9H2,(H,10,11);. The molecule has 19 nitrogen and oxygen atoms in total. The fourth-order valence-electron chi connectivity index (χ4n) is 5.84. The van der Waals surface area contributed by atoms with E-state index >= 15 is 0 Å². The van der Waals surface area contributed by atoms with Gasteiger partial charge in [0.2, 0.25) is 5.91 Å². The molecule has 0 saturated carbocycles. The fourth-order valence-corrected chi connectivity index (χ4v) is 8.09. The van der Waals surface area contributed by atoms with Gasteiger partial charge in [0.1, 0.15) is 34.9 Å². The Morgan fingerprint density at radius 1 is 0.639 bits per heavy atom. The van der Waals surface area contributed by atoms with Crippen molar-refractivity contribution in [1.82, 2.24) is 9.97 Å². The van der Waals surface area contributed by atoms with Crippen LogP contribution in [-0.2, 0) is 14.3 Å². The van der Waals surface area contributed by atoms with Crippen molar-refractivity contribution in [3.63, 3.8) is 0 Å². The number of fused-ring (bicyclic) bond motifs is 2. The van der Waals surface area contributed by atoms with Crippen molar-refractivity contribution in [2.45, 2.75) is 20.3 Å². The molecule has 0 aliphatic heterocycles. The number of carbonyl (C=O) groups is 4. The maximum atomic E-state index is 11.7. The number of halogens is 4. The molecule has 10 N–H and O–H groups in total. The van der Waals surface area contributed by atoms with E-state index in [1.165, 1.54) is 24.3 Å². The number of aromatic amines is 2. The largest absolute Gasteiger partial charge is 0.506 e. The first-order valence-corrected chi connectivity index (χ1v) is 23.5. The number of anilines is 3. The monoisotopic (exact) mass is 1250 g/mol. The number of H-pyrrole nitrogens is 2. The number of aromatic nitrogens is 2. The van der Waals surface area contributed by atoms with E-state index < -0.39 is 34.9 Å². The number of nitrogens with one attached hydrogen (secondary N) is 3. The van der Waals surface area contributed by atoms with Gasteiger partial charge in [-0.3, -0.25) is 9.59 Å². The predicted molar refractivity (Wildman–Crippen MR) is 273 cm³/mol. The minimum Gasteiger partial charge on any atom is -0.506 e. The van der Waals surface area contributed by atoms with Gasteiger partial charge in [0.25, 0.3) is 5.56 Å². The second-order valence-electron chi connectivity index (χ2n) is 13.6. The van der Waals surface area contributed by atoms with Crippen LogP contribution in [0.4, 0.5) is 17.1 Å². The number of nitrogens with zero attached hydrogens (tertiary/aromatic N) is 3. The summed E-state index contributed by atoms with van der Waals surface area (Å²) in [5.74, 6) is -3.30. The minimum atomic E-state index is -1.10. The molecule has 0 unspecified atom stereocenters. The van der Waals surface area contributed by atoms with E-state index in [4.69, 9.17) is 88.2 Å². The van der Waals surface area contributed by atoms with E-state index in [0.717, 1.165) is 28.0 Å². The van der Waals surface area contributed by atoms with E-state index in [-0.39, 0.29) is 84.2 Å². The molecule has 0 fully saturated rings. The molecular formula is C48H37BiCl4N8O11.